The minimum absolute atomic E-state index is 0.381. The summed E-state index contributed by atoms with van der Waals surface area (Å²) >= 11 is 0. The molecule has 1 fully saturated rings. The predicted molar refractivity (Wildman–Crippen MR) is 73.8 cm³/mol. The summed E-state index contributed by atoms with van der Waals surface area (Å²) in [6, 6.07) is 7.84. The van der Waals surface area contributed by atoms with E-state index >= 15 is 0 Å². The molecule has 0 spiro atoms. The van der Waals surface area contributed by atoms with Crippen molar-refractivity contribution in [3.8, 4) is 5.75 Å². The Hall–Kier alpha value is -1.02. The summed E-state index contributed by atoms with van der Waals surface area (Å²) in [5.74, 6) is 1.66. The standard InChI is InChI=1S/C16H24O2/c1-2-18-16-10-6-5-9-14(16)15(17)12-11-13-7-3-4-8-13/h5-6,9-10,13,15,17H,2-4,7-8,11-12H2,1H3. The zero-order valence-corrected chi connectivity index (χ0v) is 11.3. The molecule has 2 heteroatoms. The van der Waals surface area contributed by atoms with Crippen molar-refractivity contribution in [2.24, 2.45) is 5.92 Å². The molecule has 0 aromatic heterocycles. The van der Waals surface area contributed by atoms with E-state index < -0.39 is 0 Å². The summed E-state index contributed by atoms with van der Waals surface area (Å²) in [5.41, 5.74) is 0.942. The molecule has 100 valence electrons. The number of aliphatic hydroxyl groups excluding tert-OH is 1. The van der Waals surface area contributed by atoms with Crippen molar-refractivity contribution >= 4 is 0 Å². The molecule has 2 nitrogen and oxygen atoms in total. The van der Waals surface area contributed by atoms with E-state index in [0.717, 1.165) is 30.1 Å². The van der Waals surface area contributed by atoms with Gasteiger partial charge in [0.05, 0.1) is 12.7 Å². The van der Waals surface area contributed by atoms with Crippen LogP contribution in [0.3, 0.4) is 0 Å². The van der Waals surface area contributed by atoms with Gasteiger partial charge < -0.3 is 9.84 Å². The van der Waals surface area contributed by atoms with Crippen molar-refractivity contribution in [2.45, 2.75) is 51.6 Å². The van der Waals surface area contributed by atoms with Gasteiger partial charge in [-0.25, -0.2) is 0 Å². The molecular formula is C16H24O2. The SMILES string of the molecule is CCOc1ccccc1C(O)CCC1CCCC1. The Morgan fingerprint density at radius 3 is 2.72 bits per heavy atom. The lowest BCUT2D eigenvalue weighted by Crippen LogP contribution is -2.04. The van der Waals surface area contributed by atoms with Gasteiger partial charge in [0.15, 0.2) is 0 Å². The van der Waals surface area contributed by atoms with E-state index in [9.17, 15) is 5.11 Å². The van der Waals surface area contributed by atoms with Gasteiger partial charge >= 0.3 is 0 Å². The van der Waals surface area contributed by atoms with Gasteiger partial charge in [0.1, 0.15) is 5.75 Å². The fraction of sp³-hybridized carbons (Fsp3) is 0.625. The summed E-state index contributed by atoms with van der Waals surface area (Å²) in [4.78, 5) is 0. The second kappa shape index (κ2) is 6.79. The summed E-state index contributed by atoms with van der Waals surface area (Å²) in [5, 5.41) is 10.3. The number of para-hydroxylation sites is 1. The Morgan fingerprint density at radius 2 is 2.00 bits per heavy atom. The molecule has 0 saturated heterocycles. The predicted octanol–water partition coefficient (Wildman–Crippen LogP) is 4.09. The molecule has 0 radical (unpaired) electrons. The van der Waals surface area contributed by atoms with Crippen molar-refractivity contribution in [1.82, 2.24) is 0 Å². The summed E-state index contributed by atoms with van der Waals surface area (Å²) < 4.78 is 5.57. The topological polar surface area (TPSA) is 29.5 Å². The van der Waals surface area contributed by atoms with Crippen LogP contribution in [-0.4, -0.2) is 11.7 Å². The number of benzene rings is 1. The molecule has 1 saturated carbocycles. The van der Waals surface area contributed by atoms with Crippen LogP contribution in [0.4, 0.5) is 0 Å². The van der Waals surface area contributed by atoms with Gasteiger partial charge in [0.25, 0.3) is 0 Å². The van der Waals surface area contributed by atoms with Crippen molar-refractivity contribution < 1.29 is 9.84 Å². The second-order valence-electron chi connectivity index (χ2n) is 5.21. The first kappa shape index (κ1) is 13.4. The maximum atomic E-state index is 10.3. The highest BCUT2D eigenvalue weighted by Crippen LogP contribution is 2.33. The molecule has 0 heterocycles. The Morgan fingerprint density at radius 1 is 1.28 bits per heavy atom. The number of rotatable bonds is 6. The van der Waals surface area contributed by atoms with Gasteiger partial charge in [0, 0.05) is 5.56 Å². The van der Waals surface area contributed by atoms with Crippen molar-refractivity contribution in [1.29, 1.82) is 0 Å². The van der Waals surface area contributed by atoms with Crippen LogP contribution in [0.25, 0.3) is 0 Å². The Balaban J connectivity index is 1.92. The molecular weight excluding hydrogens is 224 g/mol. The van der Waals surface area contributed by atoms with E-state index in [-0.39, 0.29) is 6.10 Å². The van der Waals surface area contributed by atoms with Crippen LogP contribution < -0.4 is 4.74 Å². The highest BCUT2D eigenvalue weighted by atomic mass is 16.5. The van der Waals surface area contributed by atoms with Crippen molar-refractivity contribution in [3.05, 3.63) is 29.8 Å². The van der Waals surface area contributed by atoms with Gasteiger partial charge in [-0.1, -0.05) is 43.9 Å². The van der Waals surface area contributed by atoms with E-state index in [1.807, 2.05) is 31.2 Å². The third-order valence-electron chi connectivity index (χ3n) is 3.90. The fourth-order valence-corrected chi connectivity index (χ4v) is 2.89. The Kier molecular flexibility index (Phi) is 5.06. The van der Waals surface area contributed by atoms with Crippen molar-refractivity contribution in [3.63, 3.8) is 0 Å². The normalized spacial score (nSPS) is 17.9. The lowest BCUT2D eigenvalue weighted by atomic mass is 9.96. The molecule has 1 aromatic carbocycles. The number of ether oxygens (including phenoxy) is 1. The van der Waals surface area contributed by atoms with Crippen molar-refractivity contribution in [2.75, 3.05) is 6.61 Å². The quantitative estimate of drug-likeness (QED) is 0.821. The van der Waals surface area contributed by atoms with E-state index in [4.69, 9.17) is 4.74 Å². The van der Waals surface area contributed by atoms with Crippen LogP contribution in [0.2, 0.25) is 0 Å². The number of aliphatic hydroxyl groups is 1. The Bertz CT molecular complexity index is 356. The molecule has 0 amide bonds. The smallest absolute Gasteiger partial charge is 0.125 e. The largest absolute Gasteiger partial charge is 0.493 e. The van der Waals surface area contributed by atoms with E-state index in [1.165, 1.54) is 25.7 Å². The summed E-state index contributed by atoms with van der Waals surface area (Å²) in [7, 11) is 0. The molecule has 1 aromatic rings. The van der Waals surface area contributed by atoms with E-state index in [1.54, 1.807) is 0 Å². The summed E-state index contributed by atoms with van der Waals surface area (Å²) in [6.45, 7) is 2.62. The van der Waals surface area contributed by atoms with Gasteiger partial charge in [-0.05, 0) is 31.7 Å². The third kappa shape index (κ3) is 3.49. The monoisotopic (exact) mass is 248 g/mol. The molecule has 18 heavy (non-hydrogen) atoms. The zero-order valence-electron chi connectivity index (χ0n) is 11.3. The first-order chi connectivity index (χ1) is 8.81. The maximum Gasteiger partial charge on any atom is 0.125 e. The molecule has 0 aliphatic heterocycles. The van der Waals surface area contributed by atoms with Gasteiger partial charge in [-0.15, -0.1) is 0 Å². The molecule has 1 aliphatic rings. The molecule has 1 aliphatic carbocycles. The highest BCUT2D eigenvalue weighted by Gasteiger charge is 2.18. The molecule has 2 rings (SSSR count). The van der Waals surface area contributed by atoms with E-state index in [2.05, 4.69) is 0 Å². The summed E-state index contributed by atoms with van der Waals surface area (Å²) in [6.07, 6.45) is 7.05. The zero-order chi connectivity index (χ0) is 12.8. The second-order valence-corrected chi connectivity index (χ2v) is 5.21. The average Bonchev–Trinajstić information content (AvgIpc) is 2.90. The van der Waals surface area contributed by atoms with E-state index in [0.29, 0.717) is 6.61 Å². The lowest BCUT2D eigenvalue weighted by Gasteiger charge is -2.17. The number of hydrogen-bond donors (Lipinski definition) is 1. The van der Waals surface area contributed by atoms with Gasteiger partial charge in [-0.2, -0.15) is 0 Å². The van der Waals surface area contributed by atoms with Crippen LogP contribution in [-0.2, 0) is 0 Å². The average molecular weight is 248 g/mol. The minimum Gasteiger partial charge on any atom is -0.493 e. The maximum absolute atomic E-state index is 10.3. The molecule has 1 atom stereocenters. The van der Waals surface area contributed by atoms with Crippen LogP contribution in [0.1, 0.15) is 57.1 Å². The third-order valence-corrected chi connectivity index (χ3v) is 3.90. The first-order valence-electron chi connectivity index (χ1n) is 7.21. The molecule has 1 N–H and O–H groups in total. The molecule has 1 unspecified atom stereocenters. The fourth-order valence-electron chi connectivity index (χ4n) is 2.89. The van der Waals surface area contributed by atoms with Gasteiger partial charge in [0.2, 0.25) is 0 Å². The Labute approximate surface area is 110 Å². The van der Waals surface area contributed by atoms with Crippen LogP contribution in [0, 0.1) is 5.92 Å². The minimum atomic E-state index is -0.381. The van der Waals surface area contributed by atoms with Crippen LogP contribution in [0.5, 0.6) is 5.75 Å². The van der Waals surface area contributed by atoms with Gasteiger partial charge in [-0.3, -0.25) is 0 Å². The number of hydrogen-bond acceptors (Lipinski definition) is 2. The lowest BCUT2D eigenvalue weighted by molar-refractivity contribution is 0.152. The first-order valence-corrected chi connectivity index (χ1v) is 7.21. The van der Waals surface area contributed by atoms with Crippen LogP contribution >= 0.6 is 0 Å². The molecule has 0 bridgehead atoms. The van der Waals surface area contributed by atoms with Crippen LogP contribution in [0.15, 0.2) is 24.3 Å². The highest BCUT2D eigenvalue weighted by molar-refractivity contribution is 5.35.